The van der Waals surface area contributed by atoms with Gasteiger partial charge in [-0.15, -0.1) is 0 Å². The van der Waals surface area contributed by atoms with E-state index in [1.165, 1.54) is 12.8 Å². The van der Waals surface area contributed by atoms with Gasteiger partial charge in [0.15, 0.2) is 11.9 Å². The van der Waals surface area contributed by atoms with Crippen LogP contribution in [-0.4, -0.2) is 50.4 Å². The lowest BCUT2D eigenvalue weighted by Crippen LogP contribution is -2.27. The van der Waals surface area contributed by atoms with E-state index in [0.717, 1.165) is 37.5 Å². The van der Waals surface area contributed by atoms with Gasteiger partial charge in [-0.1, -0.05) is 0 Å². The number of hydrogen-bond donors (Lipinski definition) is 1. The highest BCUT2D eigenvalue weighted by atomic mass is 16.4. The second-order valence-electron chi connectivity index (χ2n) is 5.62. The average molecular weight is 264 g/mol. The Labute approximate surface area is 112 Å². The number of likely N-dealkylation sites (tertiary alicyclic amines) is 1. The molecule has 1 N–H and O–H groups in total. The van der Waals surface area contributed by atoms with Crippen LogP contribution in [0.1, 0.15) is 43.4 Å². The van der Waals surface area contributed by atoms with Crippen molar-refractivity contribution in [3.05, 3.63) is 11.6 Å². The molecule has 0 amide bonds. The molecule has 19 heavy (non-hydrogen) atoms. The van der Waals surface area contributed by atoms with Crippen LogP contribution in [0.3, 0.4) is 0 Å². The van der Waals surface area contributed by atoms with E-state index in [1.807, 2.05) is 0 Å². The minimum atomic E-state index is -0.796. The van der Waals surface area contributed by atoms with Crippen LogP contribution in [0, 0.1) is 0 Å². The van der Waals surface area contributed by atoms with Gasteiger partial charge in [-0.3, -0.25) is 0 Å². The van der Waals surface area contributed by atoms with Gasteiger partial charge in [-0.05, 0) is 39.3 Å². The zero-order valence-corrected chi connectivity index (χ0v) is 11.2. The molecule has 2 aliphatic rings. The third-order valence-electron chi connectivity index (χ3n) is 4.29. The van der Waals surface area contributed by atoms with Crippen molar-refractivity contribution in [1.82, 2.24) is 19.7 Å². The molecule has 1 aromatic rings. The molecule has 1 saturated heterocycles. The number of carbonyl (C=O) groups is 1. The lowest BCUT2D eigenvalue weighted by Gasteiger charge is -2.19. The van der Waals surface area contributed by atoms with E-state index < -0.39 is 12.0 Å². The maximum absolute atomic E-state index is 11.2. The van der Waals surface area contributed by atoms with Crippen LogP contribution in [0.15, 0.2) is 0 Å². The summed E-state index contributed by atoms with van der Waals surface area (Å²) in [5.41, 5.74) is 0. The van der Waals surface area contributed by atoms with Gasteiger partial charge in [0.05, 0.1) is 0 Å². The van der Waals surface area contributed by atoms with Gasteiger partial charge < -0.3 is 10.0 Å². The number of carboxylic acid groups (broad SMARTS) is 1. The van der Waals surface area contributed by atoms with Gasteiger partial charge in [-0.25, -0.2) is 14.5 Å². The number of carboxylic acids is 1. The third-order valence-corrected chi connectivity index (χ3v) is 4.29. The SMILES string of the molecule is CN1CCCC1Cc1nc2n(n1)C(C(=O)O)CCC2. The molecule has 0 saturated carbocycles. The molecule has 1 fully saturated rings. The summed E-state index contributed by atoms with van der Waals surface area (Å²) in [6.45, 7) is 1.13. The molecule has 0 aliphatic carbocycles. The number of rotatable bonds is 3. The maximum Gasteiger partial charge on any atom is 0.328 e. The molecular formula is C13H20N4O2. The van der Waals surface area contributed by atoms with Crippen molar-refractivity contribution in [2.45, 2.75) is 50.6 Å². The normalized spacial score (nSPS) is 27.4. The van der Waals surface area contributed by atoms with Gasteiger partial charge in [0.2, 0.25) is 0 Å². The van der Waals surface area contributed by atoms with Crippen molar-refractivity contribution in [3.8, 4) is 0 Å². The van der Waals surface area contributed by atoms with Crippen LogP contribution in [0.4, 0.5) is 0 Å². The number of aryl methyl sites for hydroxylation is 1. The van der Waals surface area contributed by atoms with Crippen LogP contribution in [0.25, 0.3) is 0 Å². The van der Waals surface area contributed by atoms with Crippen molar-refractivity contribution >= 4 is 5.97 Å². The standard InChI is InChI=1S/C13H20N4O2/c1-16-7-3-4-9(16)8-11-14-12-6-2-5-10(13(18)19)17(12)15-11/h9-10H,2-8H2,1H3,(H,18,19). The van der Waals surface area contributed by atoms with E-state index in [-0.39, 0.29) is 0 Å². The Bertz CT molecular complexity index is 485. The Balaban J connectivity index is 1.79. The summed E-state index contributed by atoms with van der Waals surface area (Å²) in [4.78, 5) is 18.1. The maximum atomic E-state index is 11.2. The van der Waals surface area contributed by atoms with E-state index in [4.69, 9.17) is 0 Å². The number of nitrogens with zero attached hydrogens (tertiary/aromatic N) is 4. The summed E-state index contributed by atoms with van der Waals surface area (Å²) >= 11 is 0. The molecule has 3 rings (SSSR count). The fourth-order valence-electron chi connectivity index (χ4n) is 3.16. The Morgan fingerprint density at radius 1 is 1.42 bits per heavy atom. The van der Waals surface area contributed by atoms with Crippen LogP contribution in [-0.2, 0) is 17.6 Å². The monoisotopic (exact) mass is 264 g/mol. The molecule has 3 heterocycles. The fraction of sp³-hybridized carbons (Fsp3) is 0.769. The van der Waals surface area contributed by atoms with E-state index >= 15 is 0 Å². The number of aliphatic carboxylic acids is 1. The topological polar surface area (TPSA) is 71.2 Å². The molecule has 0 bridgehead atoms. The summed E-state index contributed by atoms with van der Waals surface area (Å²) in [6.07, 6.45) is 5.64. The second kappa shape index (κ2) is 4.92. The number of likely N-dealkylation sites (N-methyl/N-ethyl adjacent to an activating group) is 1. The molecule has 6 heteroatoms. The summed E-state index contributed by atoms with van der Waals surface area (Å²) in [6, 6.07) is -0.0148. The Morgan fingerprint density at radius 2 is 2.26 bits per heavy atom. The Hall–Kier alpha value is -1.43. The minimum Gasteiger partial charge on any atom is -0.480 e. The number of hydrogen-bond acceptors (Lipinski definition) is 4. The third kappa shape index (κ3) is 2.36. The van der Waals surface area contributed by atoms with Crippen LogP contribution in [0.5, 0.6) is 0 Å². The summed E-state index contributed by atoms with van der Waals surface area (Å²) < 4.78 is 1.64. The fourth-order valence-corrected chi connectivity index (χ4v) is 3.16. The van der Waals surface area contributed by atoms with Crippen molar-refractivity contribution in [1.29, 1.82) is 0 Å². The first-order valence-corrected chi connectivity index (χ1v) is 7.02. The lowest BCUT2D eigenvalue weighted by molar-refractivity contribution is -0.141. The first-order valence-electron chi connectivity index (χ1n) is 7.02. The van der Waals surface area contributed by atoms with Crippen LogP contribution in [0.2, 0.25) is 0 Å². The zero-order chi connectivity index (χ0) is 13.4. The molecule has 0 radical (unpaired) electrons. The quantitative estimate of drug-likeness (QED) is 0.877. The van der Waals surface area contributed by atoms with Crippen LogP contribution >= 0.6 is 0 Å². The van der Waals surface area contributed by atoms with Crippen molar-refractivity contribution in [2.75, 3.05) is 13.6 Å². The van der Waals surface area contributed by atoms with Gasteiger partial charge in [-0.2, -0.15) is 5.10 Å². The molecule has 1 aromatic heterocycles. The van der Waals surface area contributed by atoms with Gasteiger partial charge >= 0.3 is 5.97 Å². The van der Waals surface area contributed by atoms with E-state index in [1.54, 1.807) is 4.68 Å². The molecule has 0 spiro atoms. The lowest BCUT2D eigenvalue weighted by atomic mass is 10.1. The van der Waals surface area contributed by atoms with Crippen molar-refractivity contribution in [2.24, 2.45) is 0 Å². The highest BCUT2D eigenvalue weighted by Gasteiger charge is 2.30. The van der Waals surface area contributed by atoms with E-state index in [0.29, 0.717) is 12.5 Å². The Morgan fingerprint density at radius 3 is 2.95 bits per heavy atom. The second-order valence-corrected chi connectivity index (χ2v) is 5.62. The molecule has 104 valence electrons. The summed E-state index contributed by atoms with van der Waals surface area (Å²) in [5, 5.41) is 13.7. The Kier molecular flexibility index (Phi) is 3.26. The largest absolute Gasteiger partial charge is 0.480 e. The first-order chi connectivity index (χ1) is 9.15. The van der Waals surface area contributed by atoms with Gasteiger partial charge in [0, 0.05) is 18.9 Å². The zero-order valence-electron chi connectivity index (χ0n) is 11.2. The first kappa shape index (κ1) is 12.6. The highest BCUT2D eigenvalue weighted by Crippen LogP contribution is 2.24. The van der Waals surface area contributed by atoms with Crippen molar-refractivity contribution in [3.63, 3.8) is 0 Å². The van der Waals surface area contributed by atoms with Gasteiger partial charge in [0.25, 0.3) is 0 Å². The number of fused-ring (bicyclic) bond motifs is 1. The smallest absolute Gasteiger partial charge is 0.328 e. The molecular weight excluding hydrogens is 244 g/mol. The highest BCUT2D eigenvalue weighted by molar-refractivity contribution is 5.71. The number of aromatic nitrogens is 3. The van der Waals surface area contributed by atoms with E-state index in [9.17, 15) is 9.90 Å². The summed E-state index contributed by atoms with van der Waals surface area (Å²) in [7, 11) is 2.13. The summed E-state index contributed by atoms with van der Waals surface area (Å²) in [5.74, 6) is 0.853. The predicted octanol–water partition coefficient (Wildman–Crippen LogP) is 0.877. The predicted molar refractivity (Wildman–Crippen MR) is 69.0 cm³/mol. The molecule has 2 aliphatic heterocycles. The van der Waals surface area contributed by atoms with Crippen LogP contribution < -0.4 is 0 Å². The van der Waals surface area contributed by atoms with E-state index in [2.05, 4.69) is 22.0 Å². The molecule has 2 atom stereocenters. The van der Waals surface area contributed by atoms with Gasteiger partial charge in [0.1, 0.15) is 5.82 Å². The van der Waals surface area contributed by atoms with Crippen molar-refractivity contribution < 1.29 is 9.90 Å². The minimum absolute atomic E-state index is 0.507. The molecule has 0 aromatic carbocycles. The average Bonchev–Trinajstić information content (AvgIpc) is 2.95. The molecule has 2 unspecified atom stereocenters. The molecule has 6 nitrogen and oxygen atoms in total.